The first-order chi connectivity index (χ1) is 11.2. The molecule has 0 saturated carbocycles. The Hall–Kier alpha value is -0.600. The predicted molar refractivity (Wildman–Crippen MR) is 93.1 cm³/mol. The van der Waals surface area contributed by atoms with Crippen LogP contribution in [0.2, 0.25) is 5.02 Å². The maximum atomic E-state index is 12.7. The molecule has 11 heteroatoms. The highest BCUT2D eigenvalue weighted by atomic mass is 35.6. The van der Waals surface area contributed by atoms with Gasteiger partial charge >= 0.3 is 6.18 Å². The number of alkyl halides is 6. The van der Waals surface area contributed by atoms with E-state index in [0.29, 0.717) is 0 Å². The van der Waals surface area contributed by atoms with Crippen LogP contribution < -0.4 is 10.6 Å². The van der Waals surface area contributed by atoms with Gasteiger partial charge in [-0.25, -0.2) is 0 Å². The van der Waals surface area contributed by atoms with Crippen LogP contribution in [0.15, 0.2) is 18.2 Å². The second kappa shape index (κ2) is 8.39. The van der Waals surface area contributed by atoms with E-state index >= 15 is 0 Å². The van der Waals surface area contributed by atoms with E-state index in [1.165, 1.54) is 0 Å². The molecular formula is C14H15Cl4F3N2O2. The van der Waals surface area contributed by atoms with Crippen molar-refractivity contribution in [2.75, 3.05) is 5.32 Å². The molecule has 0 aliphatic rings. The van der Waals surface area contributed by atoms with E-state index in [-0.39, 0.29) is 16.6 Å². The number of benzene rings is 1. The number of carbonyl (C=O) groups is 1. The Morgan fingerprint density at radius 1 is 1.20 bits per heavy atom. The Balaban J connectivity index is 2.97. The van der Waals surface area contributed by atoms with Gasteiger partial charge < -0.3 is 15.7 Å². The summed E-state index contributed by atoms with van der Waals surface area (Å²) in [7, 11) is 0. The van der Waals surface area contributed by atoms with E-state index in [0.717, 1.165) is 18.2 Å². The van der Waals surface area contributed by atoms with Gasteiger partial charge in [0.1, 0.15) is 6.04 Å². The molecule has 4 nitrogen and oxygen atoms in total. The minimum Gasteiger partial charge on any atom is -0.372 e. The van der Waals surface area contributed by atoms with Gasteiger partial charge in [0.25, 0.3) is 0 Å². The fourth-order valence-corrected chi connectivity index (χ4v) is 2.22. The second-order valence-corrected chi connectivity index (χ2v) is 8.29. The van der Waals surface area contributed by atoms with E-state index in [9.17, 15) is 23.1 Å². The predicted octanol–water partition coefficient (Wildman–Crippen LogP) is 4.60. The number of aliphatic hydroxyl groups excluding tert-OH is 1. The number of halogens is 7. The summed E-state index contributed by atoms with van der Waals surface area (Å²) in [6.07, 6.45) is -6.30. The SMILES string of the molecule is CC(C)[C@H](Nc1ccc(C(F)(F)F)cc1Cl)C(=O)N[C@H](O)C(Cl)(Cl)Cl. The van der Waals surface area contributed by atoms with Gasteiger partial charge in [0.15, 0.2) is 6.23 Å². The fourth-order valence-electron chi connectivity index (χ4n) is 1.82. The summed E-state index contributed by atoms with van der Waals surface area (Å²) >= 11 is 22.3. The largest absolute Gasteiger partial charge is 0.416 e. The number of carbonyl (C=O) groups excluding carboxylic acids is 1. The number of aliphatic hydroxyl groups is 1. The monoisotopic (exact) mass is 440 g/mol. The Kier molecular flexibility index (Phi) is 7.53. The highest BCUT2D eigenvalue weighted by Crippen LogP contribution is 2.34. The van der Waals surface area contributed by atoms with Crippen LogP contribution in [-0.2, 0) is 11.0 Å². The number of anilines is 1. The molecule has 0 saturated heterocycles. The third-order valence-corrected chi connectivity index (χ3v) is 4.08. The number of hydrogen-bond acceptors (Lipinski definition) is 3. The topological polar surface area (TPSA) is 61.4 Å². The van der Waals surface area contributed by atoms with Crippen LogP contribution in [0.25, 0.3) is 0 Å². The van der Waals surface area contributed by atoms with Gasteiger partial charge in [-0.2, -0.15) is 13.2 Å². The fraction of sp³-hybridized carbons (Fsp3) is 0.500. The van der Waals surface area contributed by atoms with Crippen LogP contribution in [0.1, 0.15) is 19.4 Å². The molecule has 0 radical (unpaired) electrons. The Bertz CT molecular complexity index is 621. The lowest BCUT2D eigenvalue weighted by Crippen LogP contribution is -2.51. The lowest BCUT2D eigenvalue weighted by Gasteiger charge is -2.27. The third kappa shape index (κ3) is 6.57. The molecule has 2 atom stereocenters. The molecule has 0 unspecified atom stereocenters. The molecular weight excluding hydrogens is 427 g/mol. The summed E-state index contributed by atoms with van der Waals surface area (Å²) in [6.45, 7) is 3.36. The first-order valence-corrected chi connectivity index (χ1v) is 8.43. The lowest BCUT2D eigenvalue weighted by molar-refractivity contribution is -0.137. The molecule has 3 N–H and O–H groups in total. The van der Waals surface area contributed by atoms with Crippen molar-refractivity contribution in [2.45, 2.75) is 36.1 Å². The summed E-state index contributed by atoms with van der Waals surface area (Å²) in [5.74, 6) is -1.04. The number of hydrogen-bond donors (Lipinski definition) is 3. The van der Waals surface area contributed by atoms with E-state index in [1.807, 2.05) is 0 Å². The van der Waals surface area contributed by atoms with Crippen molar-refractivity contribution < 1.29 is 23.1 Å². The zero-order valence-electron chi connectivity index (χ0n) is 13.0. The van der Waals surface area contributed by atoms with Crippen LogP contribution >= 0.6 is 46.4 Å². The number of rotatable bonds is 5. The molecule has 1 rings (SSSR count). The van der Waals surface area contributed by atoms with Crippen molar-refractivity contribution >= 4 is 58.0 Å². The maximum Gasteiger partial charge on any atom is 0.416 e. The lowest BCUT2D eigenvalue weighted by atomic mass is 10.0. The van der Waals surface area contributed by atoms with Crippen LogP contribution in [0.5, 0.6) is 0 Å². The standard InChI is InChI=1S/C14H15Cl4F3N2O2/c1-6(2)10(11(24)23-12(25)13(16,17)18)22-9-4-3-7(5-8(9)15)14(19,20)21/h3-6,10,12,22,25H,1-2H3,(H,23,24)/t10-,12+/m0/s1. The van der Waals surface area contributed by atoms with E-state index in [2.05, 4.69) is 10.6 Å². The van der Waals surface area contributed by atoms with Crippen molar-refractivity contribution in [1.29, 1.82) is 0 Å². The van der Waals surface area contributed by atoms with E-state index < -0.39 is 33.7 Å². The van der Waals surface area contributed by atoms with Gasteiger partial charge in [0.2, 0.25) is 9.70 Å². The number of amides is 1. The zero-order valence-corrected chi connectivity index (χ0v) is 16.0. The quantitative estimate of drug-likeness (QED) is 0.462. The van der Waals surface area contributed by atoms with Gasteiger partial charge in [-0.3, -0.25) is 4.79 Å². The maximum absolute atomic E-state index is 12.7. The summed E-state index contributed by atoms with van der Waals surface area (Å²) in [6, 6.07) is 1.74. The van der Waals surface area contributed by atoms with Crippen molar-refractivity contribution in [3.05, 3.63) is 28.8 Å². The van der Waals surface area contributed by atoms with Gasteiger partial charge in [0, 0.05) is 0 Å². The van der Waals surface area contributed by atoms with Crippen molar-refractivity contribution in [2.24, 2.45) is 5.92 Å². The molecule has 0 heterocycles. The van der Waals surface area contributed by atoms with E-state index in [1.54, 1.807) is 13.8 Å². The molecule has 0 spiro atoms. The van der Waals surface area contributed by atoms with Crippen LogP contribution in [0.3, 0.4) is 0 Å². The van der Waals surface area contributed by atoms with Crippen LogP contribution in [-0.4, -0.2) is 27.1 Å². The Morgan fingerprint density at radius 3 is 2.16 bits per heavy atom. The highest BCUT2D eigenvalue weighted by Gasteiger charge is 2.35. The average molecular weight is 442 g/mol. The molecule has 25 heavy (non-hydrogen) atoms. The highest BCUT2D eigenvalue weighted by molar-refractivity contribution is 6.68. The summed E-state index contributed by atoms with van der Waals surface area (Å²) in [5.41, 5.74) is -0.799. The number of nitrogens with one attached hydrogen (secondary N) is 2. The second-order valence-electron chi connectivity index (χ2n) is 5.51. The van der Waals surface area contributed by atoms with Crippen LogP contribution in [0, 0.1) is 5.92 Å². The smallest absolute Gasteiger partial charge is 0.372 e. The van der Waals surface area contributed by atoms with Crippen molar-refractivity contribution in [1.82, 2.24) is 5.32 Å². The van der Waals surface area contributed by atoms with Gasteiger partial charge in [-0.05, 0) is 24.1 Å². The van der Waals surface area contributed by atoms with Gasteiger partial charge in [-0.1, -0.05) is 60.3 Å². The summed E-state index contributed by atoms with van der Waals surface area (Å²) in [4.78, 5) is 12.3. The Morgan fingerprint density at radius 2 is 1.76 bits per heavy atom. The summed E-state index contributed by atoms with van der Waals surface area (Å²) in [5, 5.41) is 14.3. The summed E-state index contributed by atoms with van der Waals surface area (Å²) < 4.78 is 35.9. The Labute approximate surface area is 162 Å². The normalized spacial score (nSPS) is 15.0. The van der Waals surface area contributed by atoms with Crippen molar-refractivity contribution in [3.8, 4) is 0 Å². The molecule has 0 aromatic heterocycles. The molecule has 1 aromatic rings. The molecule has 0 fully saturated rings. The average Bonchev–Trinajstić information content (AvgIpc) is 2.43. The first kappa shape index (κ1) is 22.4. The zero-order chi connectivity index (χ0) is 19.6. The molecule has 142 valence electrons. The molecule has 0 bridgehead atoms. The minimum absolute atomic E-state index is 0.117. The molecule has 0 aliphatic carbocycles. The molecule has 1 amide bonds. The minimum atomic E-state index is -4.54. The first-order valence-electron chi connectivity index (χ1n) is 6.92. The van der Waals surface area contributed by atoms with Gasteiger partial charge in [-0.15, -0.1) is 0 Å². The molecule has 0 aliphatic heterocycles. The third-order valence-electron chi connectivity index (χ3n) is 3.15. The molecule has 1 aromatic carbocycles. The van der Waals surface area contributed by atoms with Crippen molar-refractivity contribution in [3.63, 3.8) is 0 Å². The van der Waals surface area contributed by atoms with E-state index in [4.69, 9.17) is 46.4 Å². The van der Waals surface area contributed by atoms with Gasteiger partial charge in [0.05, 0.1) is 16.3 Å². The van der Waals surface area contributed by atoms with Crippen LogP contribution in [0.4, 0.5) is 18.9 Å².